The highest BCUT2D eigenvalue weighted by Gasteiger charge is 2.47. The van der Waals surface area contributed by atoms with Crippen LogP contribution in [0.25, 0.3) is 10.8 Å². The van der Waals surface area contributed by atoms with E-state index in [1.54, 1.807) is 7.11 Å². The van der Waals surface area contributed by atoms with Crippen LogP contribution in [0.5, 0.6) is 0 Å². The summed E-state index contributed by atoms with van der Waals surface area (Å²) in [6, 6.07) is 82.3. The average molecular weight is 1040 g/mol. The molecule has 0 aromatic heterocycles. The molecular weight excluding hydrogens is 969 g/mol. The van der Waals surface area contributed by atoms with Gasteiger partial charge in [-0.25, -0.2) is 0 Å². The molecule has 8 aromatic rings. The van der Waals surface area contributed by atoms with Crippen molar-refractivity contribution in [1.29, 1.82) is 0 Å². The van der Waals surface area contributed by atoms with Crippen LogP contribution in [0.1, 0.15) is 83.4 Å². The highest BCUT2D eigenvalue weighted by Crippen LogP contribution is 2.51. The summed E-state index contributed by atoms with van der Waals surface area (Å²) < 4.78 is -0.879. The van der Waals surface area contributed by atoms with Crippen LogP contribution < -0.4 is 5.32 Å². The van der Waals surface area contributed by atoms with Gasteiger partial charge in [0.25, 0.3) is 0 Å². The molecule has 76 heavy (non-hydrogen) atoms. The topological polar surface area (TPSA) is 57.2 Å². The van der Waals surface area contributed by atoms with E-state index in [1.165, 1.54) is 69.0 Å². The van der Waals surface area contributed by atoms with Gasteiger partial charge in [-0.1, -0.05) is 230 Å². The van der Waals surface area contributed by atoms with Crippen molar-refractivity contribution in [1.82, 2.24) is 15.1 Å². The maximum Gasteiger partial charge on any atom is 0.234 e. The van der Waals surface area contributed by atoms with E-state index in [4.69, 9.17) is 4.84 Å². The average Bonchev–Trinajstić information content (AvgIpc) is 3.79. The minimum atomic E-state index is -0.444. The molecule has 8 aromatic carbocycles. The molecule has 1 N–H and O–H groups in total. The lowest BCUT2D eigenvalue weighted by atomic mass is 9.73. The molecule has 2 saturated heterocycles. The summed E-state index contributed by atoms with van der Waals surface area (Å²) in [7, 11) is 1.63. The molecule has 388 valence electrons. The molecule has 10 rings (SSSR count). The number of fused-ring (bicyclic) bond motifs is 3. The van der Waals surface area contributed by atoms with Gasteiger partial charge >= 0.3 is 0 Å². The Balaban J connectivity index is 0.874. The lowest BCUT2D eigenvalue weighted by molar-refractivity contribution is -0.122. The van der Waals surface area contributed by atoms with Crippen molar-refractivity contribution in [2.45, 2.75) is 66.0 Å². The van der Waals surface area contributed by atoms with E-state index in [0.29, 0.717) is 37.0 Å². The number of benzene rings is 8. The van der Waals surface area contributed by atoms with E-state index in [-0.39, 0.29) is 5.91 Å². The van der Waals surface area contributed by atoms with Crippen molar-refractivity contribution in [3.8, 4) is 0 Å². The number of carbonyl (C=O) groups is 1. The Bertz CT molecular complexity index is 2860. The third kappa shape index (κ3) is 12.1. The molecule has 0 spiro atoms. The van der Waals surface area contributed by atoms with Crippen LogP contribution in [0.15, 0.2) is 230 Å². The summed E-state index contributed by atoms with van der Waals surface area (Å²) in [5, 5.41) is 10.2. The predicted octanol–water partition coefficient (Wildman–Crippen LogP) is 14.4. The largest absolute Gasteiger partial charge is 0.399 e. The third-order valence-electron chi connectivity index (χ3n) is 16.0. The molecule has 0 aliphatic carbocycles. The van der Waals surface area contributed by atoms with E-state index in [0.717, 1.165) is 50.4 Å². The zero-order chi connectivity index (χ0) is 51.8. The molecule has 0 radical (unpaired) electrons. The zero-order valence-corrected chi connectivity index (χ0v) is 45.5. The van der Waals surface area contributed by atoms with E-state index < -0.39 is 9.49 Å². The summed E-state index contributed by atoms with van der Waals surface area (Å²) in [4.78, 5) is 24.8. The number of hydrogen-bond acceptors (Lipinski definition) is 7. The Morgan fingerprint density at radius 2 is 1.11 bits per heavy atom. The standard InChI is InChI=1S/C68H72N4O2S2/c1-74-70-43-22-38-63-64(55-40-39-53-24-20-21-25-54(53)50-55)51-62-41-42-65(63)72(62)46-23-45-71(47-49-76-68(59-32-14-5-15-33-59,60-34-16-6-17-35-60)61-36-18-7-19-37-61)52-66(73)69-44-48-75-67(56-26-8-2-9-27-56,57-28-10-3-11-29-57)58-30-12-4-13-31-58/h2-21,24-37,39-40,43,50,62-65H,22-23,38,41-42,44-49,51-52H2,1H3,(H,69,73)/t62?,63-,64+,65?/m1/s1. The molecule has 8 heteroatoms. The fourth-order valence-corrected chi connectivity index (χ4v) is 15.6. The van der Waals surface area contributed by atoms with Gasteiger partial charge in [0.1, 0.15) is 7.11 Å². The van der Waals surface area contributed by atoms with E-state index in [2.05, 4.69) is 245 Å². The van der Waals surface area contributed by atoms with Crippen molar-refractivity contribution >= 4 is 46.4 Å². The first kappa shape index (κ1) is 53.0. The van der Waals surface area contributed by atoms with Gasteiger partial charge in [0.2, 0.25) is 5.91 Å². The van der Waals surface area contributed by atoms with Crippen LogP contribution in [0.4, 0.5) is 0 Å². The minimum absolute atomic E-state index is 0.0739. The number of nitrogens with one attached hydrogen (secondary N) is 1. The Morgan fingerprint density at radius 3 is 1.62 bits per heavy atom. The van der Waals surface area contributed by atoms with Gasteiger partial charge < -0.3 is 10.2 Å². The van der Waals surface area contributed by atoms with Gasteiger partial charge in [0.15, 0.2) is 0 Å². The van der Waals surface area contributed by atoms with Crippen molar-refractivity contribution in [2.75, 3.05) is 51.3 Å². The maximum atomic E-state index is 14.4. The van der Waals surface area contributed by atoms with Gasteiger partial charge in [-0.05, 0) is 113 Å². The van der Waals surface area contributed by atoms with Gasteiger partial charge in [-0.15, -0.1) is 23.5 Å². The smallest absolute Gasteiger partial charge is 0.234 e. The molecule has 2 heterocycles. The van der Waals surface area contributed by atoms with Gasteiger partial charge in [0.05, 0.1) is 16.0 Å². The molecule has 2 fully saturated rings. The van der Waals surface area contributed by atoms with Crippen LogP contribution in [0.2, 0.25) is 0 Å². The second-order valence-corrected chi connectivity index (χ2v) is 23.1. The lowest BCUT2D eigenvalue weighted by Crippen LogP contribution is -2.49. The van der Waals surface area contributed by atoms with Gasteiger partial charge in [0, 0.05) is 42.9 Å². The number of thioether (sulfide) groups is 2. The first-order chi connectivity index (χ1) is 37.6. The Hall–Kier alpha value is -6.42. The lowest BCUT2D eigenvalue weighted by Gasteiger charge is -2.45. The highest BCUT2D eigenvalue weighted by atomic mass is 32.2. The highest BCUT2D eigenvalue weighted by molar-refractivity contribution is 8.00. The second kappa shape index (κ2) is 26.1. The molecule has 0 saturated carbocycles. The number of nitrogens with zero attached hydrogens (tertiary/aromatic N) is 3. The number of rotatable bonds is 25. The van der Waals surface area contributed by atoms with Gasteiger partial charge in [-0.2, -0.15) is 0 Å². The molecule has 1 amide bonds. The van der Waals surface area contributed by atoms with Gasteiger partial charge in [-0.3, -0.25) is 14.6 Å². The Kier molecular flexibility index (Phi) is 18.2. The van der Waals surface area contributed by atoms with E-state index >= 15 is 0 Å². The summed E-state index contributed by atoms with van der Waals surface area (Å²) in [6.07, 6.45) is 8.56. The Labute approximate surface area is 460 Å². The van der Waals surface area contributed by atoms with Crippen molar-refractivity contribution < 1.29 is 9.63 Å². The van der Waals surface area contributed by atoms with Crippen LogP contribution in [0, 0.1) is 5.92 Å². The molecular formula is C68H72N4O2S2. The van der Waals surface area contributed by atoms with Crippen molar-refractivity contribution in [3.05, 3.63) is 263 Å². The molecule has 2 aliphatic heterocycles. The summed E-state index contributed by atoms with van der Waals surface area (Å²) in [5.41, 5.74) is 8.90. The van der Waals surface area contributed by atoms with Crippen LogP contribution in [-0.2, 0) is 19.1 Å². The molecule has 6 nitrogen and oxygen atoms in total. The number of oxime groups is 1. The Morgan fingerprint density at radius 1 is 0.618 bits per heavy atom. The quantitative estimate of drug-likeness (QED) is 0.0266. The second-order valence-electron chi connectivity index (χ2n) is 20.4. The fraction of sp³-hybridized carbons (Fsp3) is 0.294. The number of carbonyl (C=O) groups excluding carboxylic acids is 1. The SMILES string of the molecule is CON=CCC[C@H]1C2CCC(C[C@H]1c1ccc3ccccc3c1)N2CCCN(CCSC(c1ccccc1)(c1ccccc1)c1ccccc1)CC(=O)NCCSC(c1ccccc1)(c1ccccc1)c1ccccc1. The summed E-state index contributed by atoms with van der Waals surface area (Å²) in [5.74, 6) is 2.67. The third-order valence-corrected chi connectivity index (χ3v) is 19.1. The molecule has 2 aliphatic rings. The summed E-state index contributed by atoms with van der Waals surface area (Å²) >= 11 is 3.87. The molecule has 2 bridgehead atoms. The van der Waals surface area contributed by atoms with E-state index in [9.17, 15) is 4.79 Å². The minimum Gasteiger partial charge on any atom is -0.399 e. The summed E-state index contributed by atoms with van der Waals surface area (Å²) in [6.45, 7) is 3.54. The normalized spacial score (nSPS) is 17.8. The molecule has 4 atom stereocenters. The molecule has 2 unspecified atom stereocenters. The maximum absolute atomic E-state index is 14.4. The van der Waals surface area contributed by atoms with Crippen LogP contribution >= 0.6 is 23.5 Å². The number of hydrogen-bond donors (Lipinski definition) is 1. The van der Waals surface area contributed by atoms with E-state index in [1.807, 2.05) is 29.7 Å². The predicted molar refractivity (Wildman–Crippen MR) is 320 cm³/mol. The first-order valence-corrected chi connectivity index (χ1v) is 29.4. The van der Waals surface area contributed by atoms with Crippen molar-refractivity contribution in [3.63, 3.8) is 0 Å². The zero-order valence-electron chi connectivity index (χ0n) is 43.9. The number of amides is 1. The monoisotopic (exact) mass is 1040 g/mol. The van der Waals surface area contributed by atoms with Crippen LogP contribution in [0.3, 0.4) is 0 Å². The van der Waals surface area contributed by atoms with Crippen LogP contribution in [-0.4, -0.2) is 85.3 Å². The first-order valence-electron chi connectivity index (χ1n) is 27.5. The fourth-order valence-electron chi connectivity index (χ4n) is 12.6. The van der Waals surface area contributed by atoms with Crippen molar-refractivity contribution in [2.24, 2.45) is 11.1 Å². The number of piperidine rings is 1.